The molecule has 9 heteroatoms. The highest BCUT2D eigenvalue weighted by molar-refractivity contribution is 8.03. The zero-order valence-corrected chi connectivity index (χ0v) is 15.8. The summed E-state index contributed by atoms with van der Waals surface area (Å²) in [5.74, 6) is -1.03. The SMILES string of the molecule is CCc1nnc(S/C(=C\c2ccc(-c3cccc(C(=O)O)c3C)o2)C(=O)O)o1. The minimum atomic E-state index is -1.16. The fraction of sp³-hybridized carbons (Fsp3) is 0.158. The van der Waals surface area contributed by atoms with E-state index < -0.39 is 11.9 Å². The molecule has 2 aromatic heterocycles. The van der Waals surface area contributed by atoms with Crippen molar-refractivity contribution >= 4 is 29.8 Å². The first kappa shape index (κ1) is 19.4. The van der Waals surface area contributed by atoms with Gasteiger partial charge in [-0.2, -0.15) is 0 Å². The molecule has 0 spiro atoms. The zero-order chi connectivity index (χ0) is 20.3. The number of carboxylic acid groups (broad SMARTS) is 2. The van der Waals surface area contributed by atoms with Gasteiger partial charge in [-0.15, -0.1) is 10.2 Å². The summed E-state index contributed by atoms with van der Waals surface area (Å²) < 4.78 is 11.0. The normalized spacial score (nSPS) is 11.6. The van der Waals surface area contributed by atoms with Crippen LogP contribution in [0.4, 0.5) is 0 Å². The Labute approximate surface area is 163 Å². The molecule has 0 fully saturated rings. The lowest BCUT2D eigenvalue weighted by Gasteiger charge is -2.06. The third-order valence-electron chi connectivity index (χ3n) is 3.89. The van der Waals surface area contributed by atoms with Gasteiger partial charge in [-0.3, -0.25) is 0 Å². The average molecular weight is 400 g/mol. The maximum Gasteiger partial charge on any atom is 0.342 e. The van der Waals surface area contributed by atoms with Gasteiger partial charge in [0.05, 0.1) is 5.56 Å². The Balaban J connectivity index is 1.90. The summed E-state index contributed by atoms with van der Waals surface area (Å²) in [4.78, 5) is 22.8. The highest BCUT2D eigenvalue weighted by atomic mass is 32.2. The van der Waals surface area contributed by atoms with E-state index in [-0.39, 0.29) is 15.7 Å². The molecule has 0 unspecified atom stereocenters. The predicted octanol–water partition coefficient (Wildman–Crippen LogP) is 4.12. The molecule has 8 nitrogen and oxygen atoms in total. The molecule has 0 saturated heterocycles. The third-order valence-corrected chi connectivity index (χ3v) is 4.74. The first-order valence-electron chi connectivity index (χ1n) is 8.27. The summed E-state index contributed by atoms with van der Waals surface area (Å²) in [7, 11) is 0. The predicted molar refractivity (Wildman–Crippen MR) is 101 cm³/mol. The van der Waals surface area contributed by atoms with Crippen LogP contribution in [0, 0.1) is 6.92 Å². The Bertz CT molecular complexity index is 1070. The molecule has 0 saturated carbocycles. The Morgan fingerprint density at radius 2 is 1.93 bits per heavy atom. The highest BCUT2D eigenvalue weighted by Gasteiger charge is 2.17. The summed E-state index contributed by atoms with van der Waals surface area (Å²) in [6.07, 6.45) is 1.90. The van der Waals surface area contributed by atoms with Crippen LogP contribution in [0.25, 0.3) is 17.4 Å². The van der Waals surface area contributed by atoms with Crippen LogP contribution in [-0.2, 0) is 11.2 Å². The van der Waals surface area contributed by atoms with Crippen LogP contribution in [-0.4, -0.2) is 32.3 Å². The number of hydrogen-bond donors (Lipinski definition) is 2. The van der Waals surface area contributed by atoms with Crippen LogP contribution in [0.1, 0.15) is 34.5 Å². The summed E-state index contributed by atoms with van der Waals surface area (Å²) >= 11 is 0.826. The van der Waals surface area contributed by atoms with E-state index in [0.717, 1.165) is 11.8 Å². The van der Waals surface area contributed by atoms with Gasteiger partial charge < -0.3 is 19.0 Å². The summed E-state index contributed by atoms with van der Waals surface area (Å²) in [5.41, 5.74) is 1.36. The van der Waals surface area contributed by atoms with Crippen molar-refractivity contribution in [2.45, 2.75) is 25.5 Å². The van der Waals surface area contributed by atoms with Crippen LogP contribution >= 0.6 is 11.8 Å². The number of nitrogens with zero attached hydrogens (tertiary/aromatic N) is 2. The number of carboxylic acids is 2. The van der Waals surface area contributed by atoms with Gasteiger partial charge >= 0.3 is 11.9 Å². The molecule has 0 radical (unpaired) electrons. The molecule has 0 amide bonds. The van der Waals surface area contributed by atoms with Gasteiger partial charge in [0, 0.05) is 18.1 Å². The second-order valence-electron chi connectivity index (χ2n) is 5.72. The molecular weight excluding hydrogens is 384 g/mol. The van der Waals surface area contributed by atoms with E-state index in [1.807, 2.05) is 6.92 Å². The highest BCUT2D eigenvalue weighted by Crippen LogP contribution is 2.31. The minimum Gasteiger partial charge on any atom is -0.478 e. The fourth-order valence-electron chi connectivity index (χ4n) is 2.49. The monoisotopic (exact) mass is 400 g/mol. The summed E-state index contributed by atoms with van der Waals surface area (Å²) in [5, 5.41) is 26.4. The van der Waals surface area contributed by atoms with Crippen molar-refractivity contribution < 1.29 is 28.6 Å². The van der Waals surface area contributed by atoms with Crippen molar-refractivity contribution in [1.82, 2.24) is 10.2 Å². The first-order valence-corrected chi connectivity index (χ1v) is 9.09. The molecule has 0 bridgehead atoms. The number of rotatable bonds is 7. The van der Waals surface area contributed by atoms with Crippen LogP contribution in [0.3, 0.4) is 0 Å². The van der Waals surface area contributed by atoms with E-state index in [2.05, 4.69) is 10.2 Å². The maximum absolute atomic E-state index is 11.5. The molecule has 0 atom stereocenters. The number of aromatic carboxylic acids is 1. The standard InChI is InChI=1S/C19H16N2O6S/c1-3-16-20-21-19(27-16)28-15(18(24)25)9-11-7-8-14(26-11)12-5-4-6-13(10(12)2)17(22)23/h4-9H,3H2,1-2H3,(H,22,23)(H,24,25)/b15-9-. The number of hydrogen-bond acceptors (Lipinski definition) is 7. The molecule has 1 aromatic carbocycles. The van der Waals surface area contributed by atoms with Crippen molar-refractivity contribution in [2.75, 3.05) is 0 Å². The molecule has 0 aliphatic carbocycles. The van der Waals surface area contributed by atoms with Crippen LogP contribution < -0.4 is 0 Å². The van der Waals surface area contributed by atoms with Gasteiger partial charge in [-0.25, -0.2) is 9.59 Å². The van der Waals surface area contributed by atoms with E-state index in [1.54, 1.807) is 31.2 Å². The molecule has 144 valence electrons. The third kappa shape index (κ3) is 4.15. The van der Waals surface area contributed by atoms with E-state index in [0.29, 0.717) is 35.0 Å². The van der Waals surface area contributed by atoms with Gasteiger partial charge in [-0.05, 0) is 42.4 Å². The number of furan rings is 1. The van der Waals surface area contributed by atoms with E-state index in [4.69, 9.17) is 8.83 Å². The number of benzene rings is 1. The van der Waals surface area contributed by atoms with Gasteiger partial charge in [0.2, 0.25) is 5.89 Å². The van der Waals surface area contributed by atoms with E-state index in [1.165, 1.54) is 12.1 Å². The number of thioether (sulfide) groups is 1. The van der Waals surface area contributed by atoms with Crippen molar-refractivity contribution in [3.63, 3.8) is 0 Å². The second kappa shape index (κ2) is 8.13. The van der Waals surface area contributed by atoms with Crippen molar-refractivity contribution in [3.8, 4) is 11.3 Å². The summed E-state index contributed by atoms with van der Waals surface area (Å²) in [6.45, 7) is 3.54. The lowest BCUT2D eigenvalue weighted by molar-refractivity contribution is -0.131. The zero-order valence-electron chi connectivity index (χ0n) is 15.0. The topological polar surface area (TPSA) is 127 Å². The molecule has 2 heterocycles. The smallest absolute Gasteiger partial charge is 0.342 e. The number of aryl methyl sites for hydroxylation is 1. The largest absolute Gasteiger partial charge is 0.478 e. The van der Waals surface area contributed by atoms with Gasteiger partial charge in [0.15, 0.2) is 0 Å². The minimum absolute atomic E-state index is 0.0526. The second-order valence-corrected chi connectivity index (χ2v) is 6.71. The molecule has 0 aliphatic heterocycles. The molecular formula is C19H16N2O6S. The number of aromatic nitrogens is 2. The Morgan fingerprint density at radius 1 is 1.14 bits per heavy atom. The Morgan fingerprint density at radius 3 is 2.57 bits per heavy atom. The van der Waals surface area contributed by atoms with Crippen LogP contribution in [0.15, 0.2) is 49.3 Å². The molecule has 28 heavy (non-hydrogen) atoms. The van der Waals surface area contributed by atoms with Gasteiger partial charge in [0.1, 0.15) is 16.4 Å². The fourth-order valence-corrected chi connectivity index (χ4v) is 3.16. The molecule has 2 N–H and O–H groups in total. The van der Waals surface area contributed by atoms with Crippen molar-refractivity contribution in [2.24, 2.45) is 0 Å². The Kier molecular flexibility index (Phi) is 5.65. The van der Waals surface area contributed by atoms with Gasteiger partial charge in [0.25, 0.3) is 5.22 Å². The van der Waals surface area contributed by atoms with Crippen molar-refractivity contribution in [1.29, 1.82) is 0 Å². The van der Waals surface area contributed by atoms with E-state index >= 15 is 0 Å². The maximum atomic E-state index is 11.5. The van der Waals surface area contributed by atoms with Gasteiger partial charge in [-0.1, -0.05) is 19.1 Å². The van der Waals surface area contributed by atoms with Crippen molar-refractivity contribution in [3.05, 3.63) is 58.0 Å². The average Bonchev–Trinajstić information content (AvgIpc) is 3.30. The number of carbonyl (C=O) groups is 2. The molecule has 3 aromatic rings. The van der Waals surface area contributed by atoms with Crippen LogP contribution in [0.5, 0.6) is 0 Å². The molecule has 3 rings (SSSR count). The Hall–Kier alpha value is -3.33. The lowest BCUT2D eigenvalue weighted by atomic mass is 10.0. The lowest BCUT2D eigenvalue weighted by Crippen LogP contribution is -2.00. The quantitative estimate of drug-likeness (QED) is 0.445. The van der Waals surface area contributed by atoms with E-state index in [9.17, 15) is 19.8 Å². The summed E-state index contributed by atoms with van der Waals surface area (Å²) in [6, 6.07) is 8.15. The van der Waals surface area contributed by atoms with Crippen LogP contribution in [0.2, 0.25) is 0 Å². The number of aliphatic carboxylic acids is 1. The molecule has 0 aliphatic rings. The first-order chi connectivity index (χ1) is 13.4.